The summed E-state index contributed by atoms with van der Waals surface area (Å²) in [6.07, 6.45) is 0.876. The molecule has 0 aromatic heterocycles. The number of rotatable bonds is 2. The van der Waals surface area contributed by atoms with Crippen LogP contribution in [-0.2, 0) is 17.8 Å². The number of amides is 1. The first-order valence-corrected chi connectivity index (χ1v) is 9.54. The van der Waals surface area contributed by atoms with Crippen LogP contribution in [0.1, 0.15) is 38.3 Å². The van der Waals surface area contributed by atoms with Crippen molar-refractivity contribution in [2.24, 2.45) is 5.41 Å². The van der Waals surface area contributed by atoms with E-state index in [0.29, 0.717) is 28.6 Å². The summed E-state index contributed by atoms with van der Waals surface area (Å²) in [5, 5.41) is 0. The van der Waals surface area contributed by atoms with Crippen LogP contribution in [0.4, 0.5) is 14.9 Å². The van der Waals surface area contributed by atoms with Crippen molar-refractivity contribution < 1.29 is 13.9 Å². The van der Waals surface area contributed by atoms with Crippen LogP contribution in [-0.4, -0.2) is 12.1 Å². The van der Waals surface area contributed by atoms with Gasteiger partial charge in [0.05, 0.1) is 5.69 Å². The fourth-order valence-corrected chi connectivity index (χ4v) is 3.88. The van der Waals surface area contributed by atoms with Gasteiger partial charge in [-0.05, 0) is 36.0 Å². The molecule has 0 radical (unpaired) electrons. The average Bonchev–Trinajstić information content (AvgIpc) is 2.58. The number of hydrogen-bond donors (Lipinski definition) is 0. The molecule has 138 valence electrons. The van der Waals surface area contributed by atoms with Crippen LogP contribution in [0.5, 0.6) is 0 Å². The number of anilines is 1. The standard InChI is InChI=1S/C21H23BrFNO2/c1-21(2,3)19-10-9-16-17(23)11-15(22)12-18(16)24(19)20(25)26-13-14-7-5-4-6-8-14/h4-8,11-12,19H,9-10,13H2,1-3H3. The van der Waals surface area contributed by atoms with Crippen LogP contribution in [0, 0.1) is 11.2 Å². The van der Waals surface area contributed by atoms with Gasteiger partial charge in [-0.1, -0.05) is 67.0 Å². The van der Waals surface area contributed by atoms with Gasteiger partial charge < -0.3 is 4.74 Å². The highest BCUT2D eigenvalue weighted by molar-refractivity contribution is 9.10. The topological polar surface area (TPSA) is 29.5 Å². The molecule has 0 spiro atoms. The van der Waals surface area contributed by atoms with E-state index < -0.39 is 6.09 Å². The van der Waals surface area contributed by atoms with Crippen molar-refractivity contribution in [2.45, 2.75) is 46.3 Å². The first-order valence-electron chi connectivity index (χ1n) is 8.75. The van der Waals surface area contributed by atoms with Gasteiger partial charge in [-0.15, -0.1) is 0 Å². The first kappa shape index (κ1) is 18.9. The molecule has 3 rings (SSSR count). The van der Waals surface area contributed by atoms with Crippen LogP contribution in [0.15, 0.2) is 46.9 Å². The van der Waals surface area contributed by atoms with Gasteiger partial charge in [-0.25, -0.2) is 9.18 Å². The molecule has 1 amide bonds. The SMILES string of the molecule is CC(C)(C)C1CCc2c(F)cc(Br)cc2N1C(=O)OCc1ccccc1. The summed E-state index contributed by atoms with van der Waals surface area (Å²) in [6, 6.07) is 12.7. The van der Waals surface area contributed by atoms with Crippen LogP contribution < -0.4 is 4.90 Å². The Kier molecular flexibility index (Phi) is 5.37. The summed E-state index contributed by atoms with van der Waals surface area (Å²) in [7, 11) is 0. The van der Waals surface area contributed by atoms with E-state index >= 15 is 0 Å². The second kappa shape index (κ2) is 7.39. The number of hydrogen-bond acceptors (Lipinski definition) is 2. The Morgan fingerprint density at radius 2 is 1.96 bits per heavy atom. The first-order chi connectivity index (χ1) is 12.3. The molecule has 5 heteroatoms. The predicted molar refractivity (Wildman–Crippen MR) is 105 cm³/mol. The summed E-state index contributed by atoms with van der Waals surface area (Å²) in [5.41, 5.74) is 1.94. The van der Waals surface area contributed by atoms with Gasteiger partial charge in [-0.3, -0.25) is 4.90 Å². The van der Waals surface area contributed by atoms with Crippen molar-refractivity contribution in [1.29, 1.82) is 0 Å². The van der Waals surface area contributed by atoms with Gasteiger partial charge in [0.25, 0.3) is 0 Å². The lowest BCUT2D eigenvalue weighted by molar-refractivity contribution is 0.136. The van der Waals surface area contributed by atoms with Gasteiger partial charge >= 0.3 is 6.09 Å². The molecule has 0 fully saturated rings. The Morgan fingerprint density at radius 1 is 1.27 bits per heavy atom. The maximum absolute atomic E-state index is 14.4. The molecule has 1 heterocycles. The maximum Gasteiger partial charge on any atom is 0.414 e. The van der Waals surface area contributed by atoms with E-state index in [4.69, 9.17) is 4.74 Å². The highest BCUT2D eigenvalue weighted by atomic mass is 79.9. The zero-order chi connectivity index (χ0) is 18.9. The molecular formula is C21H23BrFNO2. The summed E-state index contributed by atoms with van der Waals surface area (Å²) >= 11 is 3.35. The van der Waals surface area contributed by atoms with Crippen molar-refractivity contribution in [3.8, 4) is 0 Å². The van der Waals surface area contributed by atoms with Crippen molar-refractivity contribution in [2.75, 3.05) is 4.90 Å². The van der Waals surface area contributed by atoms with E-state index in [1.54, 1.807) is 11.0 Å². The smallest absolute Gasteiger partial charge is 0.414 e. The van der Waals surface area contributed by atoms with E-state index in [-0.39, 0.29) is 23.9 Å². The molecule has 1 atom stereocenters. The molecule has 1 aliphatic rings. The molecule has 2 aromatic carbocycles. The molecule has 2 aromatic rings. The van der Waals surface area contributed by atoms with Crippen LogP contribution in [0.25, 0.3) is 0 Å². The van der Waals surface area contributed by atoms with E-state index in [2.05, 4.69) is 36.7 Å². The Bertz CT molecular complexity index is 802. The van der Waals surface area contributed by atoms with E-state index in [1.165, 1.54) is 6.07 Å². The minimum atomic E-state index is -0.438. The van der Waals surface area contributed by atoms with Crippen LogP contribution >= 0.6 is 15.9 Å². The normalized spacial score (nSPS) is 17.0. The number of benzene rings is 2. The summed E-state index contributed by atoms with van der Waals surface area (Å²) in [4.78, 5) is 14.6. The highest BCUT2D eigenvalue weighted by Gasteiger charge is 2.40. The summed E-state index contributed by atoms with van der Waals surface area (Å²) in [5.74, 6) is -0.289. The van der Waals surface area contributed by atoms with Crippen molar-refractivity contribution in [3.63, 3.8) is 0 Å². The number of halogens is 2. The lowest BCUT2D eigenvalue weighted by Gasteiger charge is -2.43. The lowest BCUT2D eigenvalue weighted by Crippen LogP contribution is -2.50. The molecule has 1 aliphatic heterocycles. The molecule has 0 aliphatic carbocycles. The molecular weight excluding hydrogens is 397 g/mol. The minimum absolute atomic E-state index is 0.0630. The minimum Gasteiger partial charge on any atom is -0.444 e. The fraction of sp³-hybridized carbons (Fsp3) is 0.381. The molecule has 1 unspecified atom stereocenters. The predicted octanol–water partition coefficient (Wildman–Crippen LogP) is 6.09. The second-order valence-corrected chi connectivity index (χ2v) is 8.63. The van der Waals surface area contributed by atoms with Crippen molar-refractivity contribution in [3.05, 3.63) is 63.9 Å². The van der Waals surface area contributed by atoms with Gasteiger partial charge in [0.15, 0.2) is 0 Å². The molecule has 0 saturated heterocycles. The molecule has 0 saturated carbocycles. The molecule has 3 nitrogen and oxygen atoms in total. The largest absolute Gasteiger partial charge is 0.444 e. The zero-order valence-electron chi connectivity index (χ0n) is 15.3. The van der Waals surface area contributed by atoms with E-state index in [0.717, 1.165) is 5.56 Å². The highest BCUT2D eigenvalue weighted by Crippen LogP contribution is 2.41. The number of carbonyl (C=O) groups is 1. The van der Waals surface area contributed by atoms with Crippen molar-refractivity contribution in [1.82, 2.24) is 0 Å². The molecule has 26 heavy (non-hydrogen) atoms. The number of ether oxygens (including phenoxy) is 1. The third kappa shape index (κ3) is 3.93. The second-order valence-electron chi connectivity index (χ2n) is 7.72. The quantitative estimate of drug-likeness (QED) is 0.588. The number of fused-ring (bicyclic) bond motifs is 1. The Labute approximate surface area is 162 Å². The van der Waals surface area contributed by atoms with Gasteiger partial charge in [0.1, 0.15) is 12.4 Å². The summed E-state index contributed by atoms with van der Waals surface area (Å²) in [6.45, 7) is 6.47. The Hall–Kier alpha value is -1.88. The molecule has 0 N–H and O–H groups in total. The number of nitrogens with zero attached hydrogens (tertiary/aromatic N) is 1. The third-order valence-corrected chi connectivity index (χ3v) is 5.24. The van der Waals surface area contributed by atoms with E-state index in [9.17, 15) is 9.18 Å². The maximum atomic E-state index is 14.4. The molecule has 0 bridgehead atoms. The third-order valence-electron chi connectivity index (χ3n) is 4.78. The Morgan fingerprint density at radius 3 is 2.62 bits per heavy atom. The van der Waals surface area contributed by atoms with Crippen LogP contribution in [0.2, 0.25) is 0 Å². The van der Waals surface area contributed by atoms with Gasteiger partial charge in [0.2, 0.25) is 0 Å². The van der Waals surface area contributed by atoms with Crippen molar-refractivity contribution >= 4 is 27.7 Å². The Balaban J connectivity index is 1.93. The average molecular weight is 420 g/mol. The van der Waals surface area contributed by atoms with Gasteiger partial charge in [0, 0.05) is 16.1 Å². The van der Waals surface area contributed by atoms with Gasteiger partial charge in [-0.2, -0.15) is 0 Å². The van der Waals surface area contributed by atoms with Crippen LogP contribution in [0.3, 0.4) is 0 Å². The lowest BCUT2D eigenvalue weighted by atomic mass is 9.79. The zero-order valence-corrected chi connectivity index (χ0v) is 16.8. The summed E-state index contributed by atoms with van der Waals surface area (Å²) < 4.78 is 20.6. The fourth-order valence-electron chi connectivity index (χ4n) is 3.47. The monoisotopic (exact) mass is 419 g/mol. The van der Waals surface area contributed by atoms with E-state index in [1.807, 2.05) is 30.3 Å². The number of carbonyl (C=O) groups excluding carboxylic acids is 1.